The van der Waals surface area contributed by atoms with Crippen molar-refractivity contribution < 1.29 is 9.59 Å². The van der Waals surface area contributed by atoms with Crippen molar-refractivity contribution in [3.8, 4) is 0 Å². The van der Waals surface area contributed by atoms with Gasteiger partial charge in [-0.3, -0.25) is 0 Å². The second-order valence-electron chi connectivity index (χ2n) is 8.28. The predicted molar refractivity (Wildman–Crippen MR) is 107 cm³/mol. The Morgan fingerprint density at radius 3 is 1.54 bits per heavy atom. The van der Waals surface area contributed by atoms with Crippen LogP contribution >= 0.6 is 0 Å². The Labute approximate surface area is 160 Å². The van der Waals surface area contributed by atoms with Gasteiger partial charge in [0.05, 0.1) is 0 Å². The molecule has 0 aliphatic heterocycles. The van der Waals surface area contributed by atoms with Crippen LogP contribution in [0.3, 0.4) is 0 Å². The number of hydrogen-bond acceptors (Lipinski definition) is 4. The first-order valence-electron chi connectivity index (χ1n) is 10.6. The van der Waals surface area contributed by atoms with Gasteiger partial charge in [0, 0.05) is 0 Å². The highest BCUT2D eigenvalue weighted by molar-refractivity contribution is 5.26. The molecule has 0 spiro atoms. The van der Waals surface area contributed by atoms with Crippen LogP contribution in [0.2, 0.25) is 0 Å². The second kappa shape index (κ2) is 14.9. The SMILES string of the molecule is CCCCC(C)C(C)(C1CCCCC1)C1CCCCC1.N=C=O.N=C=O. The molecule has 0 heterocycles. The Morgan fingerprint density at radius 1 is 0.885 bits per heavy atom. The third-order valence-corrected chi connectivity index (χ3v) is 7.02. The molecule has 1 unspecified atom stereocenters. The Balaban J connectivity index is 0.000000918. The lowest BCUT2D eigenvalue weighted by Gasteiger charge is -2.51. The van der Waals surface area contributed by atoms with Gasteiger partial charge >= 0.3 is 0 Å². The zero-order valence-electron chi connectivity index (χ0n) is 17.2. The fourth-order valence-corrected chi connectivity index (χ4v) is 5.41. The quantitative estimate of drug-likeness (QED) is 0.402. The molecule has 2 aliphatic rings. The first kappa shape index (κ1) is 24.8. The van der Waals surface area contributed by atoms with E-state index in [1.165, 1.54) is 83.5 Å². The number of nitrogens with one attached hydrogen (secondary N) is 2. The van der Waals surface area contributed by atoms with Crippen LogP contribution in [0.5, 0.6) is 0 Å². The Morgan fingerprint density at radius 2 is 1.23 bits per heavy atom. The predicted octanol–water partition coefficient (Wildman–Crippen LogP) is 6.78. The van der Waals surface area contributed by atoms with Gasteiger partial charge in [0.25, 0.3) is 0 Å². The van der Waals surface area contributed by atoms with Gasteiger partial charge in [-0.2, -0.15) is 0 Å². The van der Waals surface area contributed by atoms with Crippen molar-refractivity contribution >= 4 is 12.2 Å². The van der Waals surface area contributed by atoms with Crippen LogP contribution in [-0.2, 0) is 9.59 Å². The van der Waals surface area contributed by atoms with Gasteiger partial charge < -0.3 is 0 Å². The summed E-state index contributed by atoms with van der Waals surface area (Å²) in [6.07, 6.45) is 20.9. The van der Waals surface area contributed by atoms with Gasteiger partial charge in [0.15, 0.2) is 0 Å². The molecule has 2 saturated carbocycles. The van der Waals surface area contributed by atoms with Gasteiger partial charge in [0.2, 0.25) is 12.2 Å². The smallest absolute Gasteiger partial charge is 0.222 e. The highest BCUT2D eigenvalue weighted by atomic mass is 16.1. The van der Waals surface area contributed by atoms with Crippen LogP contribution in [-0.4, -0.2) is 12.2 Å². The number of hydrogen-bond donors (Lipinski definition) is 2. The molecule has 0 aromatic carbocycles. The summed E-state index contributed by atoms with van der Waals surface area (Å²) in [4.78, 5) is 16.7. The minimum Gasteiger partial charge on any atom is -0.222 e. The molecule has 2 fully saturated rings. The molecule has 0 saturated heterocycles. The van der Waals surface area contributed by atoms with E-state index in [1.54, 1.807) is 0 Å². The number of carbonyl (C=O) groups excluding carboxylic acids is 2. The van der Waals surface area contributed by atoms with E-state index in [9.17, 15) is 0 Å². The lowest BCUT2D eigenvalue weighted by molar-refractivity contribution is -0.0145. The molecule has 4 heteroatoms. The fraction of sp³-hybridized carbons (Fsp3) is 0.909. The Kier molecular flexibility index (Phi) is 14.2. The lowest BCUT2D eigenvalue weighted by Crippen LogP contribution is -2.42. The van der Waals surface area contributed by atoms with Crippen molar-refractivity contribution in [1.82, 2.24) is 0 Å². The molecule has 2 aliphatic carbocycles. The van der Waals surface area contributed by atoms with Crippen LogP contribution in [0.4, 0.5) is 0 Å². The van der Waals surface area contributed by atoms with Crippen molar-refractivity contribution in [1.29, 1.82) is 10.8 Å². The summed E-state index contributed by atoms with van der Waals surface area (Å²) in [5.41, 5.74) is 0.649. The van der Waals surface area contributed by atoms with E-state index in [0.29, 0.717) is 5.41 Å². The molecule has 2 rings (SSSR count). The van der Waals surface area contributed by atoms with E-state index in [4.69, 9.17) is 20.4 Å². The maximum absolute atomic E-state index is 8.35. The molecule has 0 amide bonds. The van der Waals surface area contributed by atoms with Gasteiger partial charge in [-0.05, 0) is 48.9 Å². The minimum atomic E-state index is 0.649. The van der Waals surface area contributed by atoms with Gasteiger partial charge in [-0.25, -0.2) is 20.4 Å². The summed E-state index contributed by atoms with van der Waals surface area (Å²) in [7, 11) is 0. The van der Waals surface area contributed by atoms with Gasteiger partial charge in [-0.15, -0.1) is 0 Å². The van der Waals surface area contributed by atoms with Gasteiger partial charge in [-0.1, -0.05) is 78.6 Å². The number of rotatable bonds is 6. The first-order valence-corrected chi connectivity index (χ1v) is 10.6. The fourth-order valence-electron chi connectivity index (χ4n) is 5.41. The second-order valence-corrected chi connectivity index (χ2v) is 8.28. The van der Waals surface area contributed by atoms with E-state index >= 15 is 0 Å². The van der Waals surface area contributed by atoms with Crippen LogP contribution in [0, 0.1) is 34.0 Å². The first-order chi connectivity index (χ1) is 12.5. The summed E-state index contributed by atoms with van der Waals surface area (Å²) < 4.78 is 0. The van der Waals surface area contributed by atoms with Crippen LogP contribution in [0.25, 0.3) is 0 Å². The molecular formula is C22H40N2O2. The summed E-state index contributed by atoms with van der Waals surface area (Å²) in [5, 5.41) is 10.8. The monoisotopic (exact) mass is 364 g/mol. The largest absolute Gasteiger partial charge is 0.231 e. The average Bonchev–Trinajstić information content (AvgIpc) is 2.68. The standard InChI is InChI=1S/C20H38.2CHNO/c1-4-5-12-17(2)20(3,18-13-8-6-9-14-18)19-15-10-7-11-16-19;2*2-1-3/h17-19H,4-16H2,1-3H3;2*2H. The maximum atomic E-state index is 8.35. The molecule has 2 N–H and O–H groups in total. The van der Waals surface area contributed by atoms with E-state index < -0.39 is 0 Å². The normalized spacial score (nSPS) is 19.7. The van der Waals surface area contributed by atoms with Crippen molar-refractivity contribution in [2.75, 3.05) is 0 Å². The van der Waals surface area contributed by atoms with E-state index in [2.05, 4.69) is 20.8 Å². The molecule has 0 aromatic rings. The summed E-state index contributed by atoms with van der Waals surface area (Å²) in [6.45, 7) is 7.66. The topological polar surface area (TPSA) is 81.8 Å². The molecule has 150 valence electrons. The van der Waals surface area contributed by atoms with Gasteiger partial charge in [0.1, 0.15) is 0 Å². The van der Waals surface area contributed by atoms with Crippen molar-refractivity contribution in [3.63, 3.8) is 0 Å². The summed E-state index contributed by atoms with van der Waals surface area (Å²) in [6, 6.07) is 0. The number of unbranched alkanes of at least 4 members (excludes halogenated alkanes) is 1. The maximum Gasteiger partial charge on any atom is 0.231 e. The van der Waals surface area contributed by atoms with E-state index in [-0.39, 0.29) is 0 Å². The molecule has 26 heavy (non-hydrogen) atoms. The van der Waals surface area contributed by atoms with Crippen LogP contribution in [0.1, 0.15) is 104 Å². The highest BCUT2D eigenvalue weighted by Crippen LogP contribution is 2.54. The van der Waals surface area contributed by atoms with E-state index in [0.717, 1.165) is 29.9 Å². The van der Waals surface area contributed by atoms with Crippen molar-refractivity contribution in [2.45, 2.75) is 104 Å². The van der Waals surface area contributed by atoms with Crippen LogP contribution < -0.4 is 0 Å². The Hall–Kier alpha value is -1.24. The molecule has 1 atom stereocenters. The average molecular weight is 365 g/mol. The third-order valence-electron chi connectivity index (χ3n) is 7.02. The third kappa shape index (κ3) is 7.98. The summed E-state index contributed by atoms with van der Waals surface area (Å²) >= 11 is 0. The van der Waals surface area contributed by atoms with Crippen LogP contribution in [0.15, 0.2) is 0 Å². The molecule has 0 radical (unpaired) electrons. The lowest BCUT2D eigenvalue weighted by atomic mass is 9.54. The number of isocyanates is 2. The molecule has 0 bridgehead atoms. The Bertz CT molecular complexity index is 382. The molecule has 0 aromatic heterocycles. The van der Waals surface area contributed by atoms with Crippen molar-refractivity contribution in [2.24, 2.45) is 23.2 Å². The van der Waals surface area contributed by atoms with Crippen molar-refractivity contribution in [3.05, 3.63) is 0 Å². The minimum absolute atomic E-state index is 0.649. The zero-order valence-corrected chi connectivity index (χ0v) is 17.2. The van der Waals surface area contributed by atoms with E-state index in [1.807, 2.05) is 0 Å². The highest BCUT2D eigenvalue weighted by Gasteiger charge is 2.44. The molecule has 4 nitrogen and oxygen atoms in total. The zero-order chi connectivity index (χ0) is 19.8. The summed E-state index contributed by atoms with van der Waals surface area (Å²) in [5.74, 6) is 3.01. The molecular weight excluding hydrogens is 324 g/mol.